The van der Waals surface area contributed by atoms with Crippen LogP contribution in [0.4, 0.5) is 25.8 Å². The van der Waals surface area contributed by atoms with Crippen molar-refractivity contribution in [2.45, 2.75) is 77.0 Å². The number of carbonyl (C=O) groups excluding carboxylic acids is 11. The molecule has 0 saturated carbocycles. The van der Waals surface area contributed by atoms with Crippen LogP contribution in [0, 0.1) is 5.92 Å². The van der Waals surface area contributed by atoms with E-state index in [4.69, 9.17) is 64.7 Å². The number of esters is 1. The molecule has 101 heavy (non-hydrogen) atoms. The molecule has 7 rings (SSSR count). The van der Waals surface area contributed by atoms with Crippen molar-refractivity contribution in [3.05, 3.63) is 71.0 Å². The number of aromatic amines is 2. The van der Waals surface area contributed by atoms with Gasteiger partial charge in [-0.2, -0.15) is 0 Å². The van der Waals surface area contributed by atoms with Crippen LogP contribution in [0.25, 0.3) is 21.8 Å². The van der Waals surface area contributed by atoms with Gasteiger partial charge in [0.15, 0.2) is 17.2 Å². The number of hydrogen-bond acceptors (Lipinski definition) is 21. The number of rotatable bonds is 40. The van der Waals surface area contributed by atoms with Gasteiger partial charge in [0.25, 0.3) is 5.91 Å². The molecule has 2 aliphatic heterocycles. The predicted octanol–water partition coefficient (Wildman–Crippen LogP) is 4.27. The highest BCUT2D eigenvalue weighted by molar-refractivity contribution is 6.19. The largest absolute Gasteiger partial charge is 0.493 e. The monoisotopic (exact) mass is 1430 g/mol. The molecular weight excluding hydrogens is 1340 g/mol. The van der Waals surface area contributed by atoms with Gasteiger partial charge >= 0.3 is 24.2 Å². The van der Waals surface area contributed by atoms with Crippen LogP contribution in [0.5, 0.6) is 23.0 Å². The lowest BCUT2D eigenvalue weighted by molar-refractivity contribution is -0.138. The smallest absolute Gasteiger partial charge is 0.415 e. The second-order valence-corrected chi connectivity index (χ2v) is 24.1. The van der Waals surface area contributed by atoms with Gasteiger partial charge in [0, 0.05) is 113 Å². The maximum atomic E-state index is 14.6. The van der Waals surface area contributed by atoms with E-state index in [0.29, 0.717) is 75.9 Å². The second-order valence-electron chi connectivity index (χ2n) is 23.8. The Hall–Kier alpha value is -9.96. The summed E-state index contributed by atoms with van der Waals surface area (Å²) in [6, 6.07) is 9.92. The summed E-state index contributed by atoms with van der Waals surface area (Å²) in [5.74, 6) is -3.32. The molecule has 2 aromatic heterocycles. The van der Waals surface area contributed by atoms with Gasteiger partial charge in [0.05, 0.1) is 98.0 Å². The maximum Gasteiger partial charge on any atom is 0.415 e. The summed E-state index contributed by atoms with van der Waals surface area (Å²) >= 11 is 6.57. The third-order valence-corrected chi connectivity index (χ3v) is 16.8. The molecule has 4 heterocycles. The number of anilines is 2. The lowest BCUT2D eigenvalue weighted by Gasteiger charge is -2.25. The minimum atomic E-state index is -1.12. The first kappa shape index (κ1) is 78.4. The number of H-pyrrole nitrogens is 2. The predicted molar refractivity (Wildman–Crippen MR) is 366 cm³/mol. The number of nitrogens with one attached hydrogen (secondary N) is 7. The highest BCUT2D eigenvalue weighted by atomic mass is 35.5. The first-order valence-electron chi connectivity index (χ1n) is 32.7. The number of carbonyl (C=O) groups is 11. The average Bonchev–Trinajstić information content (AvgIpc) is 1.58. The summed E-state index contributed by atoms with van der Waals surface area (Å²) in [4.78, 5) is 153. The third-order valence-electron chi connectivity index (χ3n) is 16.4. The van der Waals surface area contributed by atoms with Crippen molar-refractivity contribution in [3.8, 4) is 23.0 Å². The molecule has 11 amide bonds. The number of likely N-dealkylation sites (tertiary alicyclic amines) is 1. The molecule has 0 unspecified atom stereocenters. The Labute approximate surface area is 587 Å². The van der Waals surface area contributed by atoms with Gasteiger partial charge < -0.3 is 104 Å². The Bertz CT molecular complexity index is 3740. The molecule has 3 atom stereocenters. The van der Waals surface area contributed by atoms with E-state index in [1.54, 1.807) is 56.3 Å². The van der Waals surface area contributed by atoms with Crippen molar-refractivity contribution in [1.82, 2.24) is 45.9 Å². The van der Waals surface area contributed by atoms with E-state index in [9.17, 15) is 52.7 Å². The number of fused-ring (bicyclic) bond motifs is 4. The lowest BCUT2D eigenvalue weighted by atomic mass is 9.98. The van der Waals surface area contributed by atoms with E-state index in [0.717, 1.165) is 4.90 Å². The number of nitrogens with zero attached hydrogens (tertiary/aromatic N) is 4. The number of likely N-dealkylation sites (N-methyl/N-ethyl adjacent to an activating group) is 2. The number of nitrogens with two attached hydrogens (primary N) is 1. The fourth-order valence-electron chi connectivity index (χ4n) is 11.0. The Balaban J connectivity index is 0.833. The normalized spacial score (nSPS) is 13.9. The summed E-state index contributed by atoms with van der Waals surface area (Å²) < 4.78 is 55.3. The van der Waals surface area contributed by atoms with Crippen LogP contribution in [0.1, 0.15) is 90.4 Å². The Morgan fingerprint density at radius 2 is 1.32 bits per heavy atom. The Morgan fingerprint density at radius 3 is 1.93 bits per heavy atom. The van der Waals surface area contributed by atoms with Gasteiger partial charge in [0.1, 0.15) is 30.1 Å². The first-order chi connectivity index (χ1) is 48.5. The summed E-state index contributed by atoms with van der Waals surface area (Å²) in [6.07, 6.45) is -0.917. The van der Waals surface area contributed by atoms with E-state index < -0.39 is 71.7 Å². The summed E-state index contributed by atoms with van der Waals surface area (Å²) in [7, 11) is 8.59. The molecule has 1 fully saturated rings. The summed E-state index contributed by atoms with van der Waals surface area (Å²) in [5, 5.41) is 14.5. The highest BCUT2D eigenvalue weighted by Crippen LogP contribution is 2.48. The Morgan fingerprint density at radius 1 is 0.683 bits per heavy atom. The minimum Gasteiger partial charge on any atom is -0.493 e. The standard InChI is InChI=1S/C67H89ClN12O21/c1-39(2)56(76-52(82)18-24-96-26-28-98-30-31-99-29-27-97-25-20-70-51(81)17-21-79-53(83)15-16-54(79)84)62(86)75-45(10-9-19-71-65(69)89)61(85)72-43-13-11-40(12-14-43)38-100-66(90)77(3)22-23-78(4)67(91)101-49-35-48-55(44-34-47(64(88)95-8)74-58(44)49)42(36-68)37-80(48)63(87)46-32-41-33-50(92-5)59(93-6)60(94-7)57(41)73-46/h11-14,32-35,39,42,45,56,73-74H,9-10,15-31,36-38H2,1-8H3,(H,70,81)(H,72,85)(H,75,86)(H,76,82)(H3,69,71,89)/t42-,45+,56+/m1/s1. The van der Waals surface area contributed by atoms with Crippen LogP contribution in [0.2, 0.25) is 0 Å². The molecule has 0 aliphatic carbocycles. The zero-order valence-electron chi connectivity index (χ0n) is 57.8. The molecular formula is C67H89ClN12O21. The molecule has 1 saturated heterocycles. The molecule has 0 bridgehead atoms. The molecule has 33 nitrogen and oxygen atoms in total. The number of alkyl halides is 1. The van der Waals surface area contributed by atoms with Crippen molar-refractivity contribution in [2.75, 3.05) is 151 Å². The quantitative estimate of drug-likeness (QED) is 0.0117. The Kier molecular flexibility index (Phi) is 29.9. The van der Waals surface area contributed by atoms with Gasteiger partial charge in [-0.1, -0.05) is 26.0 Å². The average molecular weight is 1430 g/mol. The number of ether oxygens (including phenoxy) is 10. The zero-order chi connectivity index (χ0) is 73.3. The summed E-state index contributed by atoms with van der Waals surface area (Å²) in [6.45, 7) is 5.72. The topological polar surface area (TPSA) is 411 Å². The molecule has 0 radical (unpaired) electrons. The zero-order valence-corrected chi connectivity index (χ0v) is 58.6. The van der Waals surface area contributed by atoms with Crippen LogP contribution in [0.15, 0.2) is 48.5 Å². The highest BCUT2D eigenvalue weighted by Gasteiger charge is 2.38. The van der Waals surface area contributed by atoms with Crippen molar-refractivity contribution in [3.63, 3.8) is 0 Å². The van der Waals surface area contributed by atoms with Crippen LogP contribution in [0.3, 0.4) is 0 Å². The van der Waals surface area contributed by atoms with E-state index in [-0.39, 0.29) is 164 Å². The van der Waals surface area contributed by atoms with E-state index >= 15 is 0 Å². The summed E-state index contributed by atoms with van der Waals surface area (Å²) in [5.41, 5.74) is 8.15. The van der Waals surface area contributed by atoms with Gasteiger partial charge in [-0.3, -0.25) is 38.5 Å². The van der Waals surface area contributed by atoms with Crippen LogP contribution in [-0.2, 0) is 63.8 Å². The number of halogens is 1. The second kappa shape index (κ2) is 38.6. The maximum absolute atomic E-state index is 14.6. The number of methoxy groups -OCH3 is 4. The first-order valence-corrected chi connectivity index (χ1v) is 33.3. The van der Waals surface area contributed by atoms with Gasteiger partial charge in [-0.25, -0.2) is 19.2 Å². The fourth-order valence-corrected chi connectivity index (χ4v) is 11.2. The number of urea groups is 1. The van der Waals surface area contributed by atoms with Crippen molar-refractivity contribution >= 4 is 110 Å². The third kappa shape index (κ3) is 21.8. The van der Waals surface area contributed by atoms with E-state index in [1.165, 1.54) is 63.3 Å². The SMILES string of the molecule is COC(=O)c1cc2c3c(cc(OC(=O)N(C)CCN(C)C(=O)OCc4ccc(NC(=O)[C@H](CCCNC(N)=O)NC(=O)[C@@H](NC(=O)CCOCCOCCOCCOCCNC(=O)CCN5C(=O)CCC5=O)C(C)C)cc4)c2[nH]1)N(C(=O)c1cc2cc(OC)c(OC)c(OC)c2[nH]1)C[C@H]3CCl. The van der Waals surface area contributed by atoms with Crippen molar-refractivity contribution in [2.24, 2.45) is 11.7 Å². The van der Waals surface area contributed by atoms with E-state index in [2.05, 4.69) is 36.6 Å². The van der Waals surface area contributed by atoms with E-state index in [1.807, 2.05) is 0 Å². The molecule has 9 N–H and O–H groups in total. The molecule has 0 spiro atoms. The van der Waals surface area contributed by atoms with Crippen molar-refractivity contribution in [1.29, 1.82) is 0 Å². The number of amides is 11. The molecule has 3 aromatic carbocycles. The molecule has 2 aliphatic rings. The van der Waals surface area contributed by atoms with Gasteiger partial charge in [-0.05, 0) is 60.2 Å². The number of primary amides is 1. The van der Waals surface area contributed by atoms with Gasteiger partial charge in [0.2, 0.25) is 41.2 Å². The van der Waals surface area contributed by atoms with Crippen molar-refractivity contribution < 1.29 is 100 Å². The molecule has 34 heteroatoms. The number of hydrogen-bond donors (Lipinski definition) is 8. The minimum absolute atomic E-state index is 0.00316. The number of benzene rings is 3. The number of imide groups is 1. The van der Waals surface area contributed by atoms with Crippen LogP contribution >= 0.6 is 11.6 Å². The fraction of sp³-hybridized carbons (Fsp3) is 0.507. The van der Waals surface area contributed by atoms with Gasteiger partial charge in [-0.15, -0.1) is 11.6 Å². The molecule has 550 valence electrons. The number of aromatic nitrogens is 2. The lowest BCUT2D eigenvalue weighted by Crippen LogP contribution is -2.54. The van der Waals surface area contributed by atoms with Crippen LogP contribution in [-0.4, -0.2) is 243 Å². The molecule has 5 aromatic rings. The van der Waals surface area contributed by atoms with Crippen LogP contribution < -0.4 is 56.2 Å².